The molecule has 0 unspecified atom stereocenters. The van der Waals surface area contributed by atoms with Gasteiger partial charge in [-0.25, -0.2) is 9.18 Å². The fourth-order valence-electron chi connectivity index (χ4n) is 1.12. The van der Waals surface area contributed by atoms with E-state index in [1.54, 1.807) is 0 Å². The van der Waals surface area contributed by atoms with Gasteiger partial charge >= 0.3 is 12.1 Å². The van der Waals surface area contributed by atoms with Gasteiger partial charge in [0.25, 0.3) is 0 Å². The van der Waals surface area contributed by atoms with Crippen LogP contribution >= 0.6 is 0 Å². The molecule has 0 amide bonds. The number of carboxylic acid groups (broad SMARTS) is 1. The van der Waals surface area contributed by atoms with E-state index in [1.807, 2.05) is 0 Å². The van der Waals surface area contributed by atoms with Crippen molar-refractivity contribution in [2.24, 2.45) is 0 Å². The van der Waals surface area contributed by atoms with Gasteiger partial charge in [-0.15, -0.1) is 0 Å². The van der Waals surface area contributed by atoms with Crippen LogP contribution in [0.4, 0.5) is 17.6 Å². The Morgan fingerprint density at radius 1 is 1.35 bits per heavy atom. The summed E-state index contributed by atoms with van der Waals surface area (Å²) in [6.07, 6.45) is -3.65. The number of halogens is 4. The Bertz CT molecular complexity index is 475. The minimum atomic E-state index is -4.62. The van der Waals surface area contributed by atoms with Crippen molar-refractivity contribution in [2.75, 3.05) is 0 Å². The molecule has 2 nitrogen and oxygen atoms in total. The van der Waals surface area contributed by atoms with Gasteiger partial charge in [0, 0.05) is 11.1 Å². The maximum Gasteiger partial charge on any atom is 0.416 e. The van der Waals surface area contributed by atoms with Gasteiger partial charge in [-0.05, 0) is 25.1 Å². The lowest BCUT2D eigenvalue weighted by molar-refractivity contribution is -0.137. The van der Waals surface area contributed by atoms with Gasteiger partial charge in [0.15, 0.2) is 0 Å². The molecule has 1 aromatic carbocycles. The topological polar surface area (TPSA) is 37.3 Å². The first-order valence-electron chi connectivity index (χ1n) is 4.50. The molecule has 1 N–H and O–H groups in total. The number of hydrogen-bond acceptors (Lipinski definition) is 1. The molecule has 0 fully saturated rings. The number of rotatable bonds is 2. The molecule has 0 aliphatic heterocycles. The van der Waals surface area contributed by atoms with E-state index in [2.05, 4.69) is 0 Å². The second kappa shape index (κ2) is 4.57. The first-order chi connectivity index (χ1) is 7.71. The predicted molar refractivity (Wildman–Crippen MR) is 52.7 cm³/mol. The van der Waals surface area contributed by atoms with E-state index in [9.17, 15) is 22.4 Å². The zero-order valence-electron chi connectivity index (χ0n) is 8.68. The smallest absolute Gasteiger partial charge is 0.416 e. The molecule has 0 saturated carbocycles. The quantitative estimate of drug-likeness (QED) is 0.643. The summed E-state index contributed by atoms with van der Waals surface area (Å²) < 4.78 is 49.9. The molecule has 0 saturated heterocycles. The van der Waals surface area contributed by atoms with Gasteiger partial charge < -0.3 is 5.11 Å². The molecule has 0 heterocycles. The third kappa shape index (κ3) is 3.30. The van der Waals surface area contributed by atoms with Crippen molar-refractivity contribution >= 4 is 12.0 Å². The molecule has 17 heavy (non-hydrogen) atoms. The molecule has 0 spiro atoms. The van der Waals surface area contributed by atoms with Gasteiger partial charge in [0.1, 0.15) is 5.82 Å². The lowest BCUT2D eigenvalue weighted by Gasteiger charge is -2.07. The zero-order chi connectivity index (χ0) is 13.2. The van der Waals surface area contributed by atoms with E-state index in [4.69, 9.17) is 5.11 Å². The first kappa shape index (κ1) is 13.2. The molecular formula is C11H8F4O2. The van der Waals surface area contributed by atoms with Gasteiger partial charge in [-0.1, -0.05) is 6.07 Å². The van der Waals surface area contributed by atoms with E-state index >= 15 is 0 Å². The van der Waals surface area contributed by atoms with Crippen LogP contribution in [-0.4, -0.2) is 11.1 Å². The predicted octanol–water partition coefficient (Wildman–Crippen LogP) is 3.33. The Labute approximate surface area is 94.2 Å². The number of carboxylic acids is 1. The standard InChI is InChI=1S/C11H8F4O2/c1-6(10(16)17)4-7-2-3-8(5-9(7)12)11(13,14)15/h2-5H,1H3,(H,16,17)/b6-4+. The summed E-state index contributed by atoms with van der Waals surface area (Å²) in [7, 11) is 0. The fraction of sp³-hybridized carbons (Fsp3) is 0.182. The lowest BCUT2D eigenvalue weighted by atomic mass is 10.1. The van der Waals surface area contributed by atoms with Crippen molar-refractivity contribution in [3.63, 3.8) is 0 Å². The van der Waals surface area contributed by atoms with Gasteiger partial charge in [-0.2, -0.15) is 13.2 Å². The SMILES string of the molecule is C/C(=C\c1ccc(C(F)(F)F)cc1F)C(=O)O. The summed E-state index contributed by atoms with van der Waals surface area (Å²) in [6.45, 7) is 1.22. The molecule has 0 aliphatic rings. The summed E-state index contributed by atoms with van der Waals surface area (Å²) in [5.41, 5.74) is -1.47. The molecular weight excluding hydrogens is 240 g/mol. The number of benzene rings is 1. The Morgan fingerprint density at radius 2 is 1.94 bits per heavy atom. The summed E-state index contributed by atoms with van der Waals surface area (Å²) >= 11 is 0. The van der Waals surface area contributed by atoms with Crippen LogP contribution < -0.4 is 0 Å². The summed E-state index contributed by atoms with van der Waals surface area (Å²) in [5.74, 6) is -2.37. The Kier molecular flexibility index (Phi) is 3.55. The van der Waals surface area contributed by atoms with E-state index < -0.39 is 23.5 Å². The molecule has 0 bridgehead atoms. The van der Waals surface area contributed by atoms with Crippen molar-refractivity contribution in [2.45, 2.75) is 13.1 Å². The third-order valence-electron chi connectivity index (χ3n) is 2.04. The Balaban J connectivity index is 3.15. The second-order valence-corrected chi connectivity index (χ2v) is 3.37. The van der Waals surface area contributed by atoms with Crippen LogP contribution in [0, 0.1) is 5.82 Å². The summed E-state index contributed by atoms with van der Waals surface area (Å²) in [5, 5.41) is 8.55. The first-order valence-corrected chi connectivity index (χ1v) is 4.50. The van der Waals surface area contributed by atoms with Gasteiger partial charge in [0.2, 0.25) is 0 Å². The monoisotopic (exact) mass is 248 g/mol. The molecule has 0 atom stereocenters. The molecule has 0 aliphatic carbocycles. The largest absolute Gasteiger partial charge is 0.478 e. The van der Waals surface area contributed by atoms with E-state index in [0.717, 1.165) is 12.1 Å². The summed E-state index contributed by atoms with van der Waals surface area (Å²) in [6, 6.07) is 1.93. The Hall–Kier alpha value is -1.85. The van der Waals surface area contributed by atoms with Crippen molar-refractivity contribution < 1.29 is 27.5 Å². The van der Waals surface area contributed by atoms with Crippen molar-refractivity contribution in [3.8, 4) is 0 Å². The van der Waals surface area contributed by atoms with Gasteiger partial charge in [-0.3, -0.25) is 0 Å². The molecule has 1 rings (SSSR count). The number of hydrogen-bond donors (Lipinski definition) is 1. The molecule has 6 heteroatoms. The van der Waals surface area contributed by atoms with Crippen molar-refractivity contribution in [1.82, 2.24) is 0 Å². The second-order valence-electron chi connectivity index (χ2n) is 3.37. The zero-order valence-corrected chi connectivity index (χ0v) is 8.68. The highest BCUT2D eigenvalue weighted by atomic mass is 19.4. The Morgan fingerprint density at radius 3 is 2.35 bits per heavy atom. The molecule has 0 radical (unpaired) electrons. The number of alkyl halides is 3. The van der Waals surface area contributed by atoms with E-state index in [0.29, 0.717) is 12.1 Å². The average molecular weight is 248 g/mol. The van der Waals surface area contributed by atoms with E-state index in [1.165, 1.54) is 6.92 Å². The molecule has 1 aromatic rings. The average Bonchev–Trinajstić information content (AvgIpc) is 2.19. The fourth-order valence-corrected chi connectivity index (χ4v) is 1.12. The minimum Gasteiger partial charge on any atom is -0.478 e. The molecule has 0 aromatic heterocycles. The van der Waals surface area contributed by atoms with Crippen LogP contribution in [-0.2, 0) is 11.0 Å². The van der Waals surface area contributed by atoms with Crippen LogP contribution in [0.1, 0.15) is 18.1 Å². The highest BCUT2D eigenvalue weighted by Crippen LogP contribution is 2.30. The minimum absolute atomic E-state index is 0.163. The van der Waals surface area contributed by atoms with Crippen LogP contribution in [0.5, 0.6) is 0 Å². The normalized spacial score (nSPS) is 12.6. The third-order valence-corrected chi connectivity index (χ3v) is 2.04. The van der Waals surface area contributed by atoms with Crippen molar-refractivity contribution in [3.05, 3.63) is 40.7 Å². The van der Waals surface area contributed by atoms with Crippen LogP contribution in [0.25, 0.3) is 6.08 Å². The van der Waals surface area contributed by atoms with Crippen LogP contribution in [0.3, 0.4) is 0 Å². The van der Waals surface area contributed by atoms with E-state index in [-0.39, 0.29) is 11.1 Å². The molecule has 92 valence electrons. The lowest BCUT2D eigenvalue weighted by Crippen LogP contribution is -2.05. The maximum atomic E-state index is 13.3. The number of aliphatic carboxylic acids is 1. The van der Waals surface area contributed by atoms with Crippen molar-refractivity contribution in [1.29, 1.82) is 0 Å². The highest BCUT2D eigenvalue weighted by Gasteiger charge is 2.31. The maximum absolute atomic E-state index is 13.3. The van der Waals surface area contributed by atoms with Crippen LogP contribution in [0.2, 0.25) is 0 Å². The van der Waals surface area contributed by atoms with Crippen LogP contribution in [0.15, 0.2) is 23.8 Å². The highest BCUT2D eigenvalue weighted by molar-refractivity contribution is 5.91. The van der Waals surface area contributed by atoms with Gasteiger partial charge in [0.05, 0.1) is 5.56 Å². The number of carbonyl (C=O) groups is 1. The summed E-state index contributed by atoms with van der Waals surface area (Å²) in [4.78, 5) is 10.5.